The fourth-order valence-corrected chi connectivity index (χ4v) is 2.07. The maximum absolute atomic E-state index is 11.7. The van der Waals surface area contributed by atoms with Crippen molar-refractivity contribution in [3.05, 3.63) is 33.8 Å². The second-order valence-electron chi connectivity index (χ2n) is 4.30. The van der Waals surface area contributed by atoms with Crippen LogP contribution in [0, 0.1) is 5.92 Å². The fraction of sp³-hybridized carbons (Fsp3) is 0.462. The molecule has 0 fully saturated rings. The number of rotatable bonds is 6. The molecule has 1 unspecified atom stereocenters. The Hall–Kier alpha value is -0.770. The molecule has 0 aliphatic rings. The maximum atomic E-state index is 11.7. The first-order valence-electron chi connectivity index (χ1n) is 5.85. The maximum Gasteiger partial charge on any atom is 0.224 e. The summed E-state index contributed by atoms with van der Waals surface area (Å²) in [6.45, 7) is 2.65. The van der Waals surface area contributed by atoms with Crippen molar-refractivity contribution in [3.63, 3.8) is 0 Å². The summed E-state index contributed by atoms with van der Waals surface area (Å²) in [7, 11) is 0. The van der Waals surface area contributed by atoms with Crippen molar-refractivity contribution >= 4 is 29.1 Å². The molecule has 0 radical (unpaired) electrons. The number of hydrogen-bond acceptors (Lipinski definition) is 2. The van der Waals surface area contributed by atoms with Crippen LogP contribution in [0.25, 0.3) is 0 Å². The lowest BCUT2D eigenvalue weighted by Gasteiger charge is -2.12. The number of aliphatic hydroxyl groups excluding tert-OH is 1. The van der Waals surface area contributed by atoms with Crippen LogP contribution in [0.5, 0.6) is 0 Å². The molecule has 1 aromatic rings. The number of carbonyl (C=O) groups is 1. The van der Waals surface area contributed by atoms with Crippen LogP contribution in [0.3, 0.4) is 0 Å². The molecule has 0 aliphatic carbocycles. The third-order valence-electron chi connectivity index (χ3n) is 2.67. The predicted octanol–water partition coefficient (Wildman–Crippen LogP) is 2.67. The third kappa shape index (κ3) is 4.84. The Balaban J connectivity index is 2.50. The van der Waals surface area contributed by atoms with E-state index in [4.69, 9.17) is 28.3 Å². The third-order valence-corrected chi connectivity index (χ3v) is 3.38. The molecule has 0 bridgehead atoms. The van der Waals surface area contributed by atoms with Crippen LogP contribution in [0.1, 0.15) is 18.9 Å². The molecule has 2 N–H and O–H groups in total. The zero-order valence-electron chi connectivity index (χ0n) is 10.2. The van der Waals surface area contributed by atoms with Crippen LogP contribution in [0.4, 0.5) is 0 Å². The molecule has 0 saturated heterocycles. The van der Waals surface area contributed by atoms with Gasteiger partial charge in [-0.25, -0.2) is 0 Å². The van der Waals surface area contributed by atoms with Gasteiger partial charge in [-0.15, -0.1) is 0 Å². The van der Waals surface area contributed by atoms with Gasteiger partial charge in [0.2, 0.25) is 5.91 Å². The van der Waals surface area contributed by atoms with E-state index < -0.39 is 0 Å². The fourth-order valence-electron chi connectivity index (χ4n) is 1.53. The van der Waals surface area contributed by atoms with Crippen LogP contribution >= 0.6 is 23.2 Å². The van der Waals surface area contributed by atoms with E-state index >= 15 is 0 Å². The average Bonchev–Trinajstić information content (AvgIpc) is 2.32. The van der Waals surface area contributed by atoms with Crippen molar-refractivity contribution in [2.75, 3.05) is 13.2 Å². The predicted molar refractivity (Wildman–Crippen MR) is 74.0 cm³/mol. The van der Waals surface area contributed by atoms with E-state index in [2.05, 4.69) is 5.32 Å². The molecule has 100 valence electrons. The minimum absolute atomic E-state index is 0.116. The van der Waals surface area contributed by atoms with Crippen molar-refractivity contribution in [1.82, 2.24) is 5.32 Å². The van der Waals surface area contributed by atoms with Gasteiger partial charge in [0, 0.05) is 23.2 Å². The van der Waals surface area contributed by atoms with Crippen LogP contribution < -0.4 is 5.32 Å². The highest BCUT2D eigenvalue weighted by Gasteiger charge is 2.11. The molecule has 0 spiro atoms. The van der Waals surface area contributed by atoms with Gasteiger partial charge in [-0.2, -0.15) is 0 Å². The van der Waals surface area contributed by atoms with Gasteiger partial charge in [0.1, 0.15) is 0 Å². The Bertz CT molecular complexity index is 390. The van der Waals surface area contributed by atoms with Crippen molar-refractivity contribution in [1.29, 1.82) is 0 Å². The highest BCUT2D eigenvalue weighted by Crippen LogP contribution is 2.24. The lowest BCUT2D eigenvalue weighted by molar-refractivity contribution is -0.120. The molecule has 1 amide bonds. The summed E-state index contributed by atoms with van der Waals surface area (Å²) in [5.74, 6) is 0.135. The largest absolute Gasteiger partial charge is 0.396 e. The van der Waals surface area contributed by atoms with Crippen molar-refractivity contribution < 1.29 is 9.90 Å². The zero-order valence-corrected chi connectivity index (χ0v) is 11.8. The van der Waals surface area contributed by atoms with E-state index in [-0.39, 0.29) is 24.9 Å². The quantitative estimate of drug-likeness (QED) is 0.846. The SMILES string of the molecule is CC(CCO)CNC(=O)Cc1c(Cl)cccc1Cl. The zero-order chi connectivity index (χ0) is 13.5. The van der Waals surface area contributed by atoms with E-state index in [1.54, 1.807) is 18.2 Å². The first-order valence-corrected chi connectivity index (χ1v) is 6.60. The van der Waals surface area contributed by atoms with E-state index in [0.717, 1.165) is 0 Å². The van der Waals surface area contributed by atoms with E-state index in [1.807, 2.05) is 6.92 Å². The molecule has 5 heteroatoms. The molecule has 0 aromatic heterocycles. The molecule has 1 atom stereocenters. The molecule has 1 rings (SSSR count). The van der Waals surface area contributed by atoms with Gasteiger partial charge < -0.3 is 10.4 Å². The normalized spacial score (nSPS) is 12.2. The Morgan fingerprint density at radius 3 is 2.56 bits per heavy atom. The highest BCUT2D eigenvalue weighted by molar-refractivity contribution is 6.36. The monoisotopic (exact) mass is 289 g/mol. The summed E-state index contributed by atoms with van der Waals surface area (Å²) in [5.41, 5.74) is 0.646. The summed E-state index contributed by atoms with van der Waals surface area (Å²) in [4.78, 5) is 11.7. The molecule has 0 heterocycles. The summed E-state index contributed by atoms with van der Waals surface area (Å²) < 4.78 is 0. The standard InChI is InChI=1S/C13H17Cl2NO2/c1-9(5-6-17)8-16-13(18)7-10-11(14)3-2-4-12(10)15/h2-4,9,17H,5-8H2,1H3,(H,16,18). The van der Waals surface area contributed by atoms with Crippen molar-refractivity contribution in [2.45, 2.75) is 19.8 Å². The van der Waals surface area contributed by atoms with Crippen LogP contribution in [-0.4, -0.2) is 24.2 Å². The van der Waals surface area contributed by atoms with Gasteiger partial charge in [0.25, 0.3) is 0 Å². The summed E-state index contributed by atoms with van der Waals surface area (Å²) in [6.07, 6.45) is 0.845. The number of benzene rings is 1. The van der Waals surface area contributed by atoms with E-state index in [0.29, 0.717) is 28.6 Å². The first-order chi connectivity index (χ1) is 8.54. The second-order valence-corrected chi connectivity index (χ2v) is 5.11. The Morgan fingerprint density at radius 1 is 1.39 bits per heavy atom. The molecule has 0 aliphatic heterocycles. The van der Waals surface area contributed by atoms with E-state index in [1.165, 1.54) is 0 Å². The molecule has 0 saturated carbocycles. The first kappa shape index (κ1) is 15.3. The molecular weight excluding hydrogens is 273 g/mol. The van der Waals surface area contributed by atoms with Gasteiger partial charge in [-0.05, 0) is 30.0 Å². The van der Waals surface area contributed by atoms with E-state index in [9.17, 15) is 4.79 Å². The average molecular weight is 290 g/mol. The topological polar surface area (TPSA) is 49.3 Å². The van der Waals surface area contributed by atoms with Crippen LogP contribution in [-0.2, 0) is 11.2 Å². The van der Waals surface area contributed by atoms with Crippen molar-refractivity contribution in [2.24, 2.45) is 5.92 Å². The van der Waals surface area contributed by atoms with Crippen LogP contribution in [0.15, 0.2) is 18.2 Å². The van der Waals surface area contributed by atoms with Gasteiger partial charge in [0.15, 0.2) is 0 Å². The number of hydrogen-bond donors (Lipinski definition) is 2. The van der Waals surface area contributed by atoms with Gasteiger partial charge in [-0.3, -0.25) is 4.79 Å². The number of aliphatic hydroxyl groups is 1. The minimum Gasteiger partial charge on any atom is -0.396 e. The number of nitrogens with one attached hydrogen (secondary N) is 1. The summed E-state index contributed by atoms with van der Waals surface area (Å²) >= 11 is 12.0. The molecule has 3 nitrogen and oxygen atoms in total. The summed E-state index contributed by atoms with van der Waals surface area (Å²) in [5, 5.41) is 12.6. The van der Waals surface area contributed by atoms with Gasteiger partial charge in [-0.1, -0.05) is 36.2 Å². The van der Waals surface area contributed by atoms with Crippen LogP contribution in [0.2, 0.25) is 10.0 Å². The number of halogens is 2. The molecular formula is C13H17Cl2NO2. The smallest absolute Gasteiger partial charge is 0.224 e. The number of amides is 1. The lowest BCUT2D eigenvalue weighted by atomic mass is 10.1. The molecule has 1 aromatic carbocycles. The second kappa shape index (κ2) is 7.62. The Kier molecular flexibility index (Phi) is 6.47. The minimum atomic E-state index is -0.116. The summed E-state index contributed by atoms with van der Waals surface area (Å²) in [6, 6.07) is 5.17. The molecule has 18 heavy (non-hydrogen) atoms. The number of carbonyl (C=O) groups excluding carboxylic acids is 1. The Labute approximate surface area is 117 Å². The Morgan fingerprint density at radius 2 is 2.00 bits per heavy atom. The highest BCUT2D eigenvalue weighted by atomic mass is 35.5. The van der Waals surface area contributed by atoms with Gasteiger partial charge >= 0.3 is 0 Å². The van der Waals surface area contributed by atoms with Gasteiger partial charge in [0.05, 0.1) is 6.42 Å². The van der Waals surface area contributed by atoms with Crippen molar-refractivity contribution in [3.8, 4) is 0 Å². The lowest BCUT2D eigenvalue weighted by Crippen LogP contribution is -2.30.